The lowest BCUT2D eigenvalue weighted by molar-refractivity contribution is 0.0700. The Bertz CT molecular complexity index is 1120. The summed E-state index contributed by atoms with van der Waals surface area (Å²) in [6, 6.07) is 19.6. The van der Waals surface area contributed by atoms with Crippen molar-refractivity contribution < 1.29 is 13.2 Å². The quantitative estimate of drug-likeness (QED) is 0.657. The molecular formula is C21H19ClN2O3S. The lowest BCUT2D eigenvalue weighted by atomic mass is 10.0. The molecule has 3 aromatic carbocycles. The van der Waals surface area contributed by atoms with Crippen molar-refractivity contribution in [1.82, 2.24) is 9.21 Å². The maximum absolute atomic E-state index is 13.0. The maximum atomic E-state index is 13.0. The second-order valence-electron chi connectivity index (χ2n) is 6.68. The van der Waals surface area contributed by atoms with Gasteiger partial charge in [-0.05, 0) is 41.1 Å². The van der Waals surface area contributed by atoms with E-state index in [9.17, 15) is 13.2 Å². The SMILES string of the molecule is O=C(c1cccc2ccccc12)N1CCN(S(=O)(=O)c2ccc(Cl)cc2)CC1. The summed E-state index contributed by atoms with van der Waals surface area (Å²) in [4.78, 5) is 15.0. The Labute approximate surface area is 169 Å². The van der Waals surface area contributed by atoms with Gasteiger partial charge in [-0.3, -0.25) is 4.79 Å². The normalized spacial score (nSPS) is 15.7. The molecule has 1 aliphatic heterocycles. The summed E-state index contributed by atoms with van der Waals surface area (Å²) in [6.07, 6.45) is 0. The Hall–Kier alpha value is -2.41. The molecule has 1 aliphatic rings. The molecule has 7 heteroatoms. The third kappa shape index (κ3) is 3.51. The number of carbonyl (C=O) groups excluding carboxylic acids is 1. The van der Waals surface area contributed by atoms with Gasteiger partial charge in [0.05, 0.1) is 4.90 Å². The first kappa shape index (κ1) is 18.9. The molecule has 4 rings (SSSR count). The number of halogens is 1. The molecule has 0 spiro atoms. The maximum Gasteiger partial charge on any atom is 0.254 e. The third-order valence-electron chi connectivity index (χ3n) is 5.00. The number of amides is 1. The van der Waals surface area contributed by atoms with Crippen molar-refractivity contribution in [3.63, 3.8) is 0 Å². The van der Waals surface area contributed by atoms with Crippen LogP contribution in [-0.4, -0.2) is 49.7 Å². The van der Waals surface area contributed by atoms with Crippen molar-refractivity contribution >= 4 is 38.3 Å². The molecule has 0 N–H and O–H groups in total. The van der Waals surface area contributed by atoms with E-state index >= 15 is 0 Å². The minimum Gasteiger partial charge on any atom is -0.336 e. The van der Waals surface area contributed by atoms with E-state index in [1.54, 1.807) is 17.0 Å². The lowest BCUT2D eigenvalue weighted by Gasteiger charge is -2.34. The van der Waals surface area contributed by atoms with Crippen LogP contribution in [0.5, 0.6) is 0 Å². The van der Waals surface area contributed by atoms with E-state index in [2.05, 4.69) is 0 Å². The van der Waals surface area contributed by atoms with Crippen LogP contribution < -0.4 is 0 Å². The largest absolute Gasteiger partial charge is 0.336 e. The Morgan fingerprint density at radius 3 is 2.18 bits per heavy atom. The summed E-state index contributed by atoms with van der Waals surface area (Å²) < 4.78 is 27.0. The van der Waals surface area contributed by atoms with Crippen LogP contribution in [0.1, 0.15) is 10.4 Å². The number of nitrogens with zero attached hydrogens (tertiary/aromatic N) is 2. The molecule has 0 unspecified atom stereocenters. The van der Waals surface area contributed by atoms with Gasteiger partial charge >= 0.3 is 0 Å². The minimum absolute atomic E-state index is 0.0691. The van der Waals surface area contributed by atoms with E-state index in [0.29, 0.717) is 23.7 Å². The predicted octanol–water partition coefficient (Wildman–Crippen LogP) is 3.64. The van der Waals surface area contributed by atoms with Crippen LogP contribution in [0.4, 0.5) is 0 Å². The molecule has 144 valence electrons. The highest BCUT2D eigenvalue weighted by Crippen LogP contribution is 2.23. The van der Waals surface area contributed by atoms with Crippen molar-refractivity contribution in [3.05, 3.63) is 77.3 Å². The average Bonchev–Trinajstić information content (AvgIpc) is 2.73. The highest BCUT2D eigenvalue weighted by molar-refractivity contribution is 7.89. The number of benzene rings is 3. The first-order valence-electron chi connectivity index (χ1n) is 8.99. The number of sulfonamides is 1. The fraction of sp³-hybridized carbons (Fsp3) is 0.190. The number of rotatable bonds is 3. The van der Waals surface area contributed by atoms with Gasteiger partial charge in [-0.15, -0.1) is 0 Å². The third-order valence-corrected chi connectivity index (χ3v) is 7.16. The first-order chi connectivity index (χ1) is 13.5. The standard InChI is InChI=1S/C21H19ClN2O3S/c22-17-8-10-18(11-9-17)28(26,27)24-14-12-23(13-15-24)21(25)20-7-3-5-16-4-1-2-6-19(16)20/h1-11H,12-15H2. The zero-order valence-corrected chi connectivity index (χ0v) is 16.7. The fourth-order valence-electron chi connectivity index (χ4n) is 3.47. The summed E-state index contributed by atoms with van der Waals surface area (Å²) in [7, 11) is -3.59. The molecule has 28 heavy (non-hydrogen) atoms. The molecule has 0 aromatic heterocycles. The monoisotopic (exact) mass is 414 g/mol. The Balaban J connectivity index is 1.51. The van der Waals surface area contributed by atoms with Gasteiger partial charge in [0.1, 0.15) is 0 Å². The predicted molar refractivity (Wildman–Crippen MR) is 110 cm³/mol. The molecule has 0 radical (unpaired) electrons. The number of hydrogen-bond donors (Lipinski definition) is 0. The van der Waals surface area contributed by atoms with Gasteiger partial charge in [0.2, 0.25) is 10.0 Å². The topological polar surface area (TPSA) is 57.7 Å². The Morgan fingerprint density at radius 2 is 1.46 bits per heavy atom. The van der Waals surface area contributed by atoms with Crippen molar-refractivity contribution in [2.24, 2.45) is 0 Å². The molecule has 0 bridgehead atoms. The van der Waals surface area contributed by atoms with Crippen LogP contribution in [0.15, 0.2) is 71.6 Å². The molecule has 3 aromatic rings. The Morgan fingerprint density at radius 1 is 0.821 bits per heavy atom. The van der Waals surface area contributed by atoms with Crippen LogP contribution in [0.2, 0.25) is 5.02 Å². The molecule has 1 heterocycles. The molecule has 0 aliphatic carbocycles. The number of carbonyl (C=O) groups is 1. The van der Waals surface area contributed by atoms with Crippen LogP contribution in [0, 0.1) is 0 Å². The lowest BCUT2D eigenvalue weighted by Crippen LogP contribution is -2.50. The fourth-order valence-corrected chi connectivity index (χ4v) is 5.02. The number of hydrogen-bond acceptors (Lipinski definition) is 3. The van der Waals surface area contributed by atoms with Crippen LogP contribution in [-0.2, 0) is 10.0 Å². The van der Waals surface area contributed by atoms with Crippen molar-refractivity contribution in [3.8, 4) is 0 Å². The van der Waals surface area contributed by atoms with Crippen LogP contribution in [0.3, 0.4) is 0 Å². The molecule has 0 saturated carbocycles. The molecule has 5 nitrogen and oxygen atoms in total. The second kappa shape index (κ2) is 7.54. The van der Waals surface area contributed by atoms with E-state index < -0.39 is 10.0 Å². The van der Waals surface area contributed by atoms with E-state index in [1.165, 1.54) is 16.4 Å². The highest BCUT2D eigenvalue weighted by Gasteiger charge is 2.30. The van der Waals surface area contributed by atoms with Gasteiger partial charge in [0, 0.05) is 36.8 Å². The van der Waals surface area contributed by atoms with Crippen molar-refractivity contribution in [2.75, 3.05) is 26.2 Å². The zero-order chi connectivity index (χ0) is 19.7. The zero-order valence-electron chi connectivity index (χ0n) is 15.1. The average molecular weight is 415 g/mol. The van der Waals surface area contributed by atoms with Crippen LogP contribution in [0.25, 0.3) is 10.8 Å². The van der Waals surface area contributed by atoms with E-state index in [0.717, 1.165) is 10.8 Å². The van der Waals surface area contributed by atoms with E-state index in [1.807, 2.05) is 42.5 Å². The molecule has 0 atom stereocenters. The van der Waals surface area contributed by atoms with Crippen molar-refractivity contribution in [1.29, 1.82) is 0 Å². The van der Waals surface area contributed by atoms with E-state index in [4.69, 9.17) is 11.6 Å². The van der Waals surface area contributed by atoms with Crippen molar-refractivity contribution in [2.45, 2.75) is 4.90 Å². The van der Waals surface area contributed by atoms with Gasteiger partial charge in [0.25, 0.3) is 5.91 Å². The summed E-state index contributed by atoms with van der Waals surface area (Å²) in [5, 5.41) is 2.41. The Kier molecular flexibility index (Phi) is 5.10. The van der Waals surface area contributed by atoms with Gasteiger partial charge < -0.3 is 4.90 Å². The summed E-state index contributed by atoms with van der Waals surface area (Å²) >= 11 is 5.85. The van der Waals surface area contributed by atoms with Gasteiger partial charge in [-0.2, -0.15) is 4.31 Å². The highest BCUT2D eigenvalue weighted by atomic mass is 35.5. The molecule has 1 amide bonds. The molecule has 1 fully saturated rings. The summed E-state index contributed by atoms with van der Waals surface area (Å²) in [6.45, 7) is 1.24. The molecular weight excluding hydrogens is 396 g/mol. The molecule has 1 saturated heterocycles. The van der Waals surface area contributed by atoms with E-state index in [-0.39, 0.29) is 23.9 Å². The number of piperazine rings is 1. The summed E-state index contributed by atoms with van der Waals surface area (Å²) in [5.74, 6) is -0.0691. The van der Waals surface area contributed by atoms with Gasteiger partial charge in [-0.1, -0.05) is 48.0 Å². The smallest absolute Gasteiger partial charge is 0.254 e. The summed E-state index contributed by atoms with van der Waals surface area (Å²) in [5.41, 5.74) is 0.645. The second-order valence-corrected chi connectivity index (χ2v) is 9.05. The van der Waals surface area contributed by atoms with Crippen LogP contribution >= 0.6 is 11.6 Å². The first-order valence-corrected chi connectivity index (χ1v) is 10.8. The van der Waals surface area contributed by atoms with Gasteiger partial charge in [0.15, 0.2) is 0 Å². The minimum atomic E-state index is -3.59. The number of fused-ring (bicyclic) bond motifs is 1. The van der Waals surface area contributed by atoms with Gasteiger partial charge in [-0.25, -0.2) is 8.42 Å².